The number of hydrazone groups is 1. The summed E-state index contributed by atoms with van der Waals surface area (Å²) in [5.74, 6) is -1.58. The summed E-state index contributed by atoms with van der Waals surface area (Å²) in [4.78, 5) is 67.9. The van der Waals surface area contributed by atoms with Gasteiger partial charge in [0.05, 0.1) is 12.5 Å². The second-order valence-corrected chi connectivity index (χ2v) is 12.5. The third-order valence-electron chi connectivity index (χ3n) is 7.28. The summed E-state index contributed by atoms with van der Waals surface area (Å²) in [6.45, 7) is 5.11. The molecule has 3 aromatic rings. The number of anilines is 1. The Kier molecular flexibility index (Phi) is 13.1. The van der Waals surface area contributed by atoms with Gasteiger partial charge in [-0.05, 0) is 49.6 Å². The largest absolute Gasteiger partial charge is 0.460 e. The highest BCUT2D eigenvalue weighted by Gasteiger charge is 2.42. The lowest BCUT2D eigenvalue weighted by atomic mass is 10.1. The number of esters is 1. The molecule has 0 unspecified atom stereocenters. The van der Waals surface area contributed by atoms with E-state index in [-0.39, 0.29) is 39.0 Å². The highest BCUT2D eigenvalue weighted by atomic mass is 16.6. The van der Waals surface area contributed by atoms with Gasteiger partial charge in [-0.25, -0.2) is 15.0 Å². The number of primary amides is 1. The summed E-state index contributed by atoms with van der Waals surface area (Å²) in [7, 11) is 1.48. The summed E-state index contributed by atoms with van der Waals surface area (Å²) >= 11 is 0. The number of benzene rings is 2. The van der Waals surface area contributed by atoms with Crippen molar-refractivity contribution < 1.29 is 38.2 Å². The van der Waals surface area contributed by atoms with Crippen molar-refractivity contribution in [3.05, 3.63) is 71.5 Å². The molecule has 0 bridgehead atoms. The number of hydrogen-bond acceptors (Lipinski definition) is 12. The van der Waals surface area contributed by atoms with Crippen LogP contribution in [0.5, 0.6) is 0 Å². The predicted molar refractivity (Wildman–Crippen MR) is 182 cm³/mol. The first-order chi connectivity index (χ1) is 24.3. The number of methoxy groups -OCH3 is 1. The maximum absolute atomic E-state index is 14.5. The first-order valence-corrected chi connectivity index (χ1v) is 16.1. The maximum atomic E-state index is 14.5. The van der Waals surface area contributed by atoms with E-state index >= 15 is 0 Å². The molecule has 5 amide bonds. The van der Waals surface area contributed by atoms with Gasteiger partial charge in [-0.2, -0.15) is 5.10 Å². The molecule has 0 aliphatic carbocycles. The highest BCUT2D eigenvalue weighted by Crippen LogP contribution is 2.33. The Morgan fingerprint density at radius 3 is 2.49 bits per heavy atom. The van der Waals surface area contributed by atoms with Gasteiger partial charge in [-0.1, -0.05) is 48.5 Å². The zero-order chi connectivity index (χ0) is 37.0. The van der Waals surface area contributed by atoms with Crippen LogP contribution in [0.3, 0.4) is 0 Å². The number of urea groups is 1. The molecular weight excluding hydrogens is 664 g/mol. The van der Waals surface area contributed by atoms with Crippen LogP contribution >= 0.6 is 0 Å². The molecule has 1 aliphatic heterocycles. The second kappa shape index (κ2) is 17.7. The van der Waals surface area contributed by atoms with Gasteiger partial charge in [0.15, 0.2) is 12.6 Å². The van der Waals surface area contributed by atoms with E-state index in [4.69, 9.17) is 19.9 Å². The summed E-state index contributed by atoms with van der Waals surface area (Å²) < 4.78 is 15.8. The molecule has 4 rings (SSSR count). The average molecular weight is 707 g/mol. The number of alkyl carbamates (subject to hydrolysis) is 1. The zero-order valence-electron chi connectivity index (χ0n) is 28.8. The summed E-state index contributed by atoms with van der Waals surface area (Å²) in [5, 5.41) is 21.2. The van der Waals surface area contributed by atoms with Crippen molar-refractivity contribution in [2.75, 3.05) is 12.0 Å². The quantitative estimate of drug-likeness (QED) is 0.1000. The molecule has 0 radical (unpaired) electrons. The number of para-hydroxylation sites is 1. The zero-order valence-corrected chi connectivity index (χ0v) is 28.8. The predicted octanol–water partition coefficient (Wildman–Crippen LogP) is 1.33. The molecule has 18 nitrogen and oxygen atoms in total. The first-order valence-electron chi connectivity index (χ1n) is 16.1. The van der Waals surface area contributed by atoms with Crippen LogP contribution in [-0.2, 0) is 54.8 Å². The lowest BCUT2D eigenvalue weighted by Crippen LogP contribution is -2.56. The molecule has 5 N–H and O–H groups in total. The fourth-order valence-electron chi connectivity index (χ4n) is 5.19. The van der Waals surface area contributed by atoms with E-state index in [2.05, 4.69) is 31.1 Å². The van der Waals surface area contributed by atoms with Gasteiger partial charge in [0.2, 0.25) is 11.8 Å². The Labute approximate surface area is 294 Å². The Balaban J connectivity index is 1.58. The topological polar surface area (TPSA) is 234 Å². The normalized spacial score (nSPS) is 15.1. The van der Waals surface area contributed by atoms with Crippen LogP contribution in [0.15, 0.2) is 59.7 Å². The van der Waals surface area contributed by atoms with Crippen molar-refractivity contribution in [2.45, 2.75) is 83.5 Å². The molecule has 2 aromatic carbocycles. The number of carbonyl (C=O) groups is 5. The van der Waals surface area contributed by atoms with E-state index in [0.29, 0.717) is 17.1 Å². The summed E-state index contributed by atoms with van der Waals surface area (Å²) in [6, 6.07) is 11.7. The molecule has 51 heavy (non-hydrogen) atoms. The summed E-state index contributed by atoms with van der Waals surface area (Å²) in [5.41, 5.74) is 8.25. The van der Waals surface area contributed by atoms with Crippen molar-refractivity contribution in [1.82, 2.24) is 36.3 Å². The minimum atomic E-state index is -1.19. The standard InChI is InChI=1S/C33H42N10O8/c1-33(2,3)51-28(44)17-23(18-35-39-31(34)47)36-29(45)26-16-22-12-8-9-13-25(22)43(26)30(46)24(14-15-27-38-41-42(40-27)20-49-4)37-32(48)50-19-21-10-6-5-7-11-21/h5-13,18,23-24,26H,14-17,19-20H2,1-4H3,(H,36,45)(H,37,48)(H3,34,39,47)/b35-18+/t23-,24-,26-/m0/s1. The Bertz CT molecular complexity index is 1710. The third kappa shape index (κ3) is 11.6. The SMILES string of the molecule is COCn1nnc(CC[C@H](NC(=O)OCc2ccccc2)C(=O)N2c3ccccc3C[C@H]2C(=O)N[C@H](/C=N/NC(N)=O)CC(=O)OC(C)(C)C)n1. The van der Waals surface area contributed by atoms with E-state index in [1.807, 2.05) is 11.5 Å². The van der Waals surface area contributed by atoms with Gasteiger partial charge < -0.3 is 30.6 Å². The molecule has 0 fully saturated rings. The van der Waals surface area contributed by atoms with Crippen molar-refractivity contribution in [3.63, 3.8) is 0 Å². The third-order valence-corrected chi connectivity index (χ3v) is 7.28. The second-order valence-electron chi connectivity index (χ2n) is 12.5. The van der Waals surface area contributed by atoms with Crippen molar-refractivity contribution in [2.24, 2.45) is 10.8 Å². The number of aryl methyl sites for hydroxylation is 1. The smallest absolute Gasteiger partial charge is 0.408 e. The fraction of sp³-hybridized carbons (Fsp3) is 0.424. The molecule has 3 atom stereocenters. The minimum absolute atomic E-state index is 0.0255. The van der Waals surface area contributed by atoms with Crippen LogP contribution in [-0.4, -0.2) is 87.2 Å². The van der Waals surface area contributed by atoms with Gasteiger partial charge in [-0.3, -0.25) is 19.3 Å². The lowest BCUT2D eigenvalue weighted by Gasteiger charge is -2.30. The Morgan fingerprint density at radius 1 is 1.06 bits per heavy atom. The molecular formula is C33H42N10O8. The van der Waals surface area contributed by atoms with E-state index in [1.165, 1.54) is 16.8 Å². The monoisotopic (exact) mass is 706 g/mol. The van der Waals surface area contributed by atoms with Crippen LogP contribution < -0.4 is 26.7 Å². The number of ether oxygens (including phenoxy) is 3. The van der Waals surface area contributed by atoms with Gasteiger partial charge >= 0.3 is 18.1 Å². The lowest BCUT2D eigenvalue weighted by molar-refractivity contribution is -0.155. The van der Waals surface area contributed by atoms with Gasteiger partial charge in [0, 0.05) is 31.9 Å². The molecule has 1 aromatic heterocycles. The van der Waals surface area contributed by atoms with Crippen LogP contribution in [0, 0.1) is 0 Å². The minimum Gasteiger partial charge on any atom is -0.460 e. The van der Waals surface area contributed by atoms with Gasteiger partial charge in [-0.15, -0.1) is 15.0 Å². The number of amides is 5. The van der Waals surface area contributed by atoms with E-state index in [1.54, 1.807) is 69.3 Å². The molecule has 18 heteroatoms. The van der Waals surface area contributed by atoms with Crippen molar-refractivity contribution >= 4 is 41.8 Å². The van der Waals surface area contributed by atoms with E-state index in [9.17, 15) is 24.0 Å². The molecule has 0 spiro atoms. The first kappa shape index (κ1) is 37.9. The Morgan fingerprint density at radius 2 is 1.78 bits per heavy atom. The number of nitrogens with zero attached hydrogens (tertiary/aromatic N) is 6. The van der Waals surface area contributed by atoms with Gasteiger partial charge in [0.1, 0.15) is 24.3 Å². The number of nitrogens with one attached hydrogen (secondary N) is 3. The molecule has 1 aliphatic rings. The highest BCUT2D eigenvalue weighted by molar-refractivity contribution is 6.06. The number of hydrogen-bond donors (Lipinski definition) is 4. The summed E-state index contributed by atoms with van der Waals surface area (Å²) in [6.07, 6.45) is 0.232. The number of fused-ring (bicyclic) bond motifs is 1. The van der Waals surface area contributed by atoms with E-state index < -0.39 is 53.6 Å². The number of tetrazole rings is 1. The maximum Gasteiger partial charge on any atom is 0.408 e. The Hall–Kier alpha value is -5.91. The van der Waals surface area contributed by atoms with Crippen LogP contribution in [0.1, 0.15) is 50.6 Å². The van der Waals surface area contributed by atoms with E-state index in [0.717, 1.165) is 11.8 Å². The van der Waals surface area contributed by atoms with Crippen molar-refractivity contribution in [1.29, 1.82) is 0 Å². The average Bonchev–Trinajstić information content (AvgIpc) is 3.69. The van der Waals surface area contributed by atoms with Crippen LogP contribution in [0.4, 0.5) is 15.3 Å². The number of aromatic nitrogens is 4. The fourth-order valence-corrected chi connectivity index (χ4v) is 5.19. The van der Waals surface area contributed by atoms with Crippen LogP contribution in [0.25, 0.3) is 0 Å². The molecule has 2 heterocycles. The van der Waals surface area contributed by atoms with Crippen LogP contribution in [0.2, 0.25) is 0 Å². The number of rotatable bonds is 15. The number of carbonyl (C=O) groups excluding carboxylic acids is 5. The molecule has 0 saturated heterocycles. The molecule has 272 valence electrons. The van der Waals surface area contributed by atoms with Crippen molar-refractivity contribution in [3.8, 4) is 0 Å². The van der Waals surface area contributed by atoms with Gasteiger partial charge in [0.25, 0.3) is 0 Å². The number of nitrogens with two attached hydrogens (primary N) is 1. The molecule has 0 saturated carbocycles.